The van der Waals surface area contributed by atoms with Crippen LogP contribution in [0.2, 0.25) is 0 Å². The zero-order valence-electron chi connectivity index (χ0n) is 12.7. The number of hydrogen-bond acceptors (Lipinski definition) is 2. The summed E-state index contributed by atoms with van der Waals surface area (Å²) >= 11 is 0. The third-order valence-electron chi connectivity index (χ3n) is 4.55. The van der Waals surface area contributed by atoms with Gasteiger partial charge in [0, 0.05) is 32.7 Å². The lowest BCUT2D eigenvalue weighted by Gasteiger charge is -2.27. The van der Waals surface area contributed by atoms with Gasteiger partial charge in [0.05, 0.1) is 0 Å². The summed E-state index contributed by atoms with van der Waals surface area (Å²) in [5.41, 5.74) is 3.23. The fourth-order valence-electron chi connectivity index (χ4n) is 2.55. The smallest absolute Gasteiger partial charge is 0.0108 e. The summed E-state index contributed by atoms with van der Waals surface area (Å²) in [4.78, 5) is 2.56. The van der Waals surface area contributed by atoms with E-state index < -0.39 is 0 Å². The summed E-state index contributed by atoms with van der Waals surface area (Å²) < 4.78 is 0. The Labute approximate surface area is 118 Å². The minimum absolute atomic E-state index is 0.303. The fraction of sp³-hybridized carbons (Fsp3) is 0.647. The van der Waals surface area contributed by atoms with Crippen LogP contribution < -0.4 is 5.32 Å². The minimum atomic E-state index is 0.303. The average molecular weight is 260 g/mol. The van der Waals surface area contributed by atoms with Crippen molar-refractivity contribution in [3.63, 3.8) is 0 Å². The second-order valence-corrected chi connectivity index (χ2v) is 6.28. The summed E-state index contributed by atoms with van der Waals surface area (Å²) in [6, 6.07) is 9.26. The van der Waals surface area contributed by atoms with E-state index in [1.165, 1.54) is 43.6 Å². The molecule has 1 fully saturated rings. The van der Waals surface area contributed by atoms with Gasteiger partial charge < -0.3 is 10.2 Å². The molecular weight excluding hydrogens is 232 g/mol. The monoisotopic (exact) mass is 260 g/mol. The normalized spacial score (nSPS) is 17.6. The van der Waals surface area contributed by atoms with Crippen LogP contribution in [0.1, 0.15) is 38.3 Å². The van der Waals surface area contributed by atoms with Gasteiger partial charge in [0.15, 0.2) is 0 Å². The van der Waals surface area contributed by atoms with E-state index in [4.69, 9.17) is 0 Å². The first kappa shape index (κ1) is 14.5. The number of nitrogens with one attached hydrogen (secondary N) is 1. The Bertz CT molecular complexity index is 375. The zero-order chi connectivity index (χ0) is 13.7. The van der Waals surface area contributed by atoms with Crippen LogP contribution in [-0.2, 0) is 11.8 Å². The maximum atomic E-state index is 3.40. The molecule has 0 amide bonds. The molecule has 0 radical (unpaired) electrons. The van der Waals surface area contributed by atoms with Crippen LogP contribution in [0.5, 0.6) is 0 Å². The summed E-state index contributed by atoms with van der Waals surface area (Å²) in [6.07, 6.45) is 2.36. The van der Waals surface area contributed by atoms with Gasteiger partial charge in [-0.3, -0.25) is 0 Å². The number of piperazine rings is 1. The van der Waals surface area contributed by atoms with E-state index in [0.717, 1.165) is 13.1 Å². The summed E-state index contributed by atoms with van der Waals surface area (Å²) in [5.74, 6) is 0. The van der Waals surface area contributed by atoms with Gasteiger partial charge in [-0.2, -0.15) is 0 Å². The summed E-state index contributed by atoms with van der Waals surface area (Å²) in [6.45, 7) is 12.8. The first-order chi connectivity index (χ1) is 9.12. The first-order valence-electron chi connectivity index (χ1n) is 7.64. The molecule has 0 unspecified atom stereocenters. The molecule has 2 heteroatoms. The topological polar surface area (TPSA) is 15.3 Å². The second-order valence-electron chi connectivity index (χ2n) is 6.28. The third kappa shape index (κ3) is 4.05. The molecule has 0 saturated carbocycles. The van der Waals surface area contributed by atoms with Crippen LogP contribution in [-0.4, -0.2) is 37.6 Å². The Morgan fingerprint density at radius 1 is 1.11 bits per heavy atom. The predicted octanol–water partition coefficient (Wildman–Crippen LogP) is 2.82. The molecule has 1 aromatic carbocycles. The highest BCUT2D eigenvalue weighted by Crippen LogP contribution is 2.26. The Balaban J connectivity index is 1.88. The molecule has 0 aliphatic carbocycles. The lowest BCUT2D eigenvalue weighted by Crippen LogP contribution is -2.44. The maximum absolute atomic E-state index is 3.40. The Kier molecular flexibility index (Phi) is 5.00. The van der Waals surface area contributed by atoms with Crippen LogP contribution in [0.25, 0.3) is 0 Å². The number of benzene rings is 1. The third-order valence-corrected chi connectivity index (χ3v) is 4.55. The molecule has 106 valence electrons. The van der Waals surface area contributed by atoms with E-state index >= 15 is 0 Å². The van der Waals surface area contributed by atoms with Crippen molar-refractivity contribution in [1.82, 2.24) is 10.2 Å². The molecule has 1 aromatic rings. The highest BCUT2D eigenvalue weighted by molar-refractivity contribution is 5.28. The highest BCUT2D eigenvalue weighted by atomic mass is 15.2. The molecule has 0 atom stereocenters. The summed E-state index contributed by atoms with van der Waals surface area (Å²) in [5, 5.41) is 3.40. The van der Waals surface area contributed by atoms with Crippen LogP contribution in [0.4, 0.5) is 0 Å². The summed E-state index contributed by atoms with van der Waals surface area (Å²) in [7, 11) is 0. The van der Waals surface area contributed by atoms with Crippen molar-refractivity contribution in [3.05, 3.63) is 35.4 Å². The van der Waals surface area contributed by atoms with Gasteiger partial charge in [-0.1, -0.05) is 45.0 Å². The molecule has 19 heavy (non-hydrogen) atoms. The molecule has 2 nitrogen and oxygen atoms in total. The van der Waals surface area contributed by atoms with Crippen LogP contribution in [0.3, 0.4) is 0 Å². The molecule has 1 aliphatic heterocycles. The van der Waals surface area contributed by atoms with Crippen LogP contribution >= 0.6 is 0 Å². The van der Waals surface area contributed by atoms with Crippen LogP contribution in [0, 0.1) is 0 Å². The van der Waals surface area contributed by atoms with Gasteiger partial charge in [0.1, 0.15) is 0 Å². The van der Waals surface area contributed by atoms with E-state index in [2.05, 4.69) is 55.3 Å². The SMILES string of the molecule is CCC(C)(C)c1ccc(CCN2CCNCC2)cc1. The molecule has 2 rings (SSSR count). The average Bonchev–Trinajstić information content (AvgIpc) is 2.47. The van der Waals surface area contributed by atoms with E-state index in [1.807, 2.05) is 0 Å². The quantitative estimate of drug-likeness (QED) is 0.876. The molecule has 0 bridgehead atoms. The van der Waals surface area contributed by atoms with E-state index in [0.29, 0.717) is 5.41 Å². The first-order valence-corrected chi connectivity index (χ1v) is 7.64. The minimum Gasteiger partial charge on any atom is -0.314 e. The largest absolute Gasteiger partial charge is 0.314 e. The molecular formula is C17H28N2. The predicted molar refractivity (Wildman–Crippen MR) is 82.8 cm³/mol. The zero-order valence-corrected chi connectivity index (χ0v) is 12.7. The van der Waals surface area contributed by atoms with Gasteiger partial charge in [0.2, 0.25) is 0 Å². The van der Waals surface area contributed by atoms with Crippen molar-refractivity contribution in [2.75, 3.05) is 32.7 Å². The number of hydrogen-bond donors (Lipinski definition) is 1. The van der Waals surface area contributed by atoms with Gasteiger partial charge in [0.25, 0.3) is 0 Å². The molecule has 1 N–H and O–H groups in total. The lowest BCUT2D eigenvalue weighted by molar-refractivity contribution is 0.244. The van der Waals surface area contributed by atoms with Crippen molar-refractivity contribution < 1.29 is 0 Å². The molecule has 0 spiro atoms. The van der Waals surface area contributed by atoms with Crippen LogP contribution in [0.15, 0.2) is 24.3 Å². The van der Waals surface area contributed by atoms with Crippen molar-refractivity contribution in [2.24, 2.45) is 0 Å². The standard InChI is InChI=1S/C17H28N2/c1-4-17(2,3)16-7-5-15(6-8-16)9-12-19-13-10-18-11-14-19/h5-8,18H,4,9-14H2,1-3H3. The molecule has 1 aliphatic rings. The van der Waals surface area contributed by atoms with Crippen molar-refractivity contribution in [1.29, 1.82) is 0 Å². The van der Waals surface area contributed by atoms with Gasteiger partial charge in [-0.05, 0) is 29.4 Å². The highest BCUT2D eigenvalue weighted by Gasteiger charge is 2.17. The molecule has 1 saturated heterocycles. The van der Waals surface area contributed by atoms with Crippen molar-refractivity contribution in [3.8, 4) is 0 Å². The van der Waals surface area contributed by atoms with Gasteiger partial charge in [-0.25, -0.2) is 0 Å². The second kappa shape index (κ2) is 6.53. The van der Waals surface area contributed by atoms with Crippen molar-refractivity contribution >= 4 is 0 Å². The van der Waals surface area contributed by atoms with Gasteiger partial charge >= 0.3 is 0 Å². The Hall–Kier alpha value is -0.860. The Morgan fingerprint density at radius 3 is 2.32 bits per heavy atom. The molecule has 0 aromatic heterocycles. The number of nitrogens with zero attached hydrogens (tertiary/aromatic N) is 1. The van der Waals surface area contributed by atoms with E-state index in [1.54, 1.807) is 0 Å². The molecule has 1 heterocycles. The van der Waals surface area contributed by atoms with E-state index in [-0.39, 0.29) is 0 Å². The lowest BCUT2D eigenvalue weighted by atomic mass is 9.82. The maximum Gasteiger partial charge on any atom is 0.0108 e. The van der Waals surface area contributed by atoms with Gasteiger partial charge in [-0.15, -0.1) is 0 Å². The van der Waals surface area contributed by atoms with Crippen molar-refractivity contribution in [2.45, 2.75) is 39.0 Å². The fourth-order valence-corrected chi connectivity index (χ4v) is 2.55. The number of rotatable bonds is 5. The Morgan fingerprint density at radius 2 is 1.74 bits per heavy atom. The van der Waals surface area contributed by atoms with E-state index in [9.17, 15) is 0 Å².